The molecule has 0 aliphatic carbocycles. The first kappa shape index (κ1) is 17.7. The number of nitrogens with zero attached hydrogens (tertiary/aromatic N) is 4. The Balaban J connectivity index is 1.36. The lowest BCUT2D eigenvalue weighted by Gasteiger charge is -2.23. The van der Waals surface area contributed by atoms with E-state index in [9.17, 15) is 9.18 Å². The summed E-state index contributed by atoms with van der Waals surface area (Å²) < 4.78 is 13.5. The average Bonchev–Trinajstić information content (AvgIpc) is 3.28. The number of fused-ring (bicyclic) bond motifs is 1. The number of likely N-dealkylation sites (tertiary alicyclic amines) is 2. The zero-order chi connectivity index (χ0) is 18.8. The number of nitriles is 1. The number of carbonyl (C=O) groups is 1. The third-order valence-corrected chi connectivity index (χ3v) is 5.34. The Bertz CT molecular complexity index is 877. The number of amides is 1. The number of carbonyl (C=O) groups excluding carboxylic acids is 1. The predicted molar refractivity (Wildman–Crippen MR) is 101 cm³/mol. The van der Waals surface area contributed by atoms with Crippen LogP contribution in [0.15, 0.2) is 36.5 Å². The highest BCUT2D eigenvalue weighted by Crippen LogP contribution is 2.24. The number of hydrogen-bond donors (Lipinski definition) is 1. The molecule has 27 heavy (non-hydrogen) atoms. The van der Waals surface area contributed by atoms with Crippen LogP contribution in [-0.4, -0.2) is 65.1 Å². The van der Waals surface area contributed by atoms with Gasteiger partial charge in [0.15, 0.2) is 0 Å². The molecule has 1 amide bonds. The van der Waals surface area contributed by atoms with Crippen LogP contribution in [0.25, 0.3) is 10.9 Å². The predicted octanol–water partition coefficient (Wildman–Crippen LogP) is 2.18. The summed E-state index contributed by atoms with van der Waals surface area (Å²) in [6.45, 7) is 1.80. The third kappa shape index (κ3) is 3.71. The molecule has 2 aliphatic heterocycles. The van der Waals surface area contributed by atoms with E-state index in [1.54, 1.807) is 6.20 Å². The summed E-state index contributed by atoms with van der Waals surface area (Å²) in [4.78, 5) is 20.4. The van der Waals surface area contributed by atoms with Gasteiger partial charge in [0.2, 0.25) is 5.91 Å². The Morgan fingerprint density at radius 1 is 1.33 bits per heavy atom. The average molecular weight is 367 g/mol. The summed E-state index contributed by atoms with van der Waals surface area (Å²) in [6, 6.07) is 11.6. The Morgan fingerprint density at radius 3 is 3.04 bits per heavy atom. The fraction of sp³-hybridized carbons (Fsp3) is 0.450. The van der Waals surface area contributed by atoms with Crippen LogP contribution in [0, 0.1) is 11.3 Å². The van der Waals surface area contributed by atoms with Crippen molar-refractivity contribution in [2.24, 2.45) is 0 Å². The van der Waals surface area contributed by atoms with Crippen molar-refractivity contribution in [3.05, 3.63) is 36.5 Å². The zero-order valence-corrected chi connectivity index (χ0v) is 15.0. The number of para-hydroxylation sites is 1. The number of anilines is 1. The van der Waals surface area contributed by atoms with Crippen molar-refractivity contribution >= 4 is 22.5 Å². The minimum Gasteiger partial charge on any atom is -0.379 e. The molecule has 0 spiro atoms. The maximum Gasteiger partial charge on any atom is 0.237 e. The first-order valence-electron chi connectivity index (χ1n) is 9.30. The second kappa shape index (κ2) is 7.49. The molecule has 2 fully saturated rings. The standard InChI is InChI=1S/C20H22FN5O/c21-15-9-17(10-22)26(11-15)19(27)13-25-8-6-16(12-25)24-18-5-1-3-14-4-2-7-23-20(14)18/h1-5,7,15-17,24H,6,8-9,11-13H2/t15-,16+,17?/m0/s1. The van der Waals surface area contributed by atoms with Crippen LogP contribution in [0.4, 0.5) is 10.1 Å². The molecule has 2 saturated heterocycles. The molecule has 1 aromatic heterocycles. The van der Waals surface area contributed by atoms with E-state index in [1.165, 1.54) is 4.90 Å². The molecule has 1 unspecified atom stereocenters. The minimum absolute atomic E-state index is 0.0360. The molecule has 0 saturated carbocycles. The monoisotopic (exact) mass is 367 g/mol. The van der Waals surface area contributed by atoms with E-state index in [-0.39, 0.29) is 31.5 Å². The van der Waals surface area contributed by atoms with Crippen molar-refractivity contribution in [2.45, 2.75) is 31.1 Å². The van der Waals surface area contributed by atoms with Crippen LogP contribution < -0.4 is 5.32 Å². The van der Waals surface area contributed by atoms with Gasteiger partial charge < -0.3 is 10.2 Å². The van der Waals surface area contributed by atoms with Crippen molar-refractivity contribution in [3.8, 4) is 6.07 Å². The highest BCUT2D eigenvalue weighted by molar-refractivity contribution is 5.90. The van der Waals surface area contributed by atoms with E-state index in [1.807, 2.05) is 36.4 Å². The maximum absolute atomic E-state index is 13.5. The Hall–Kier alpha value is -2.72. The second-order valence-electron chi connectivity index (χ2n) is 7.27. The summed E-state index contributed by atoms with van der Waals surface area (Å²) in [5, 5.41) is 13.7. The molecular formula is C20H22FN5O. The molecule has 2 aromatic rings. The lowest BCUT2D eigenvalue weighted by atomic mass is 10.1. The summed E-state index contributed by atoms with van der Waals surface area (Å²) in [5.74, 6) is -0.158. The van der Waals surface area contributed by atoms with Crippen LogP contribution in [-0.2, 0) is 4.79 Å². The summed E-state index contributed by atoms with van der Waals surface area (Å²) >= 11 is 0. The van der Waals surface area contributed by atoms with Gasteiger partial charge in [-0.05, 0) is 18.6 Å². The molecule has 6 nitrogen and oxygen atoms in total. The molecule has 0 radical (unpaired) electrons. The van der Waals surface area contributed by atoms with Gasteiger partial charge in [0.05, 0.1) is 30.4 Å². The van der Waals surface area contributed by atoms with Crippen LogP contribution in [0.3, 0.4) is 0 Å². The van der Waals surface area contributed by atoms with Gasteiger partial charge in [0.1, 0.15) is 12.2 Å². The van der Waals surface area contributed by atoms with Gasteiger partial charge >= 0.3 is 0 Å². The number of benzene rings is 1. The Labute approximate surface area is 157 Å². The molecule has 140 valence electrons. The number of halogens is 1. The van der Waals surface area contributed by atoms with Crippen LogP contribution in [0.2, 0.25) is 0 Å². The molecule has 7 heteroatoms. The smallest absolute Gasteiger partial charge is 0.237 e. The van der Waals surface area contributed by atoms with Crippen molar-refractivity contribution in [1.29, 1.82) is 5.26 Å². The van der Waals surface area contributed by atoms with Crippen molar-refractivity contribution in [2.75, 3.05) is 31.5 Å². The lowest BCUT2D eigenvalue weighted by molar-refractivity contribution is -0.132. The molecule has 1 N–H and O–H groups in total. The minimum atomic E-state index is -1.09. The molecule has 3 atom stereocenters. The van der Waals surface area contributed by atoms with Gasteiger partial charge in [0.25, 0.3) is 0 Å². The number of aromatic nitrogens is 1. The highest BCUT2D eigenvalue weighted by atomic mass is 19.1. The molecule has 2 aliphatic rings. The van der Waals surface area contributed by atoms with E-state index in [0.29, 0.717) is 0 Å². The van der Waals surface area contributed by atoms with Crippen molar-refractivity contribution in [1.82, 2.24) is 14.8 Å². The number of nitrogens with one attached hydrogen (secondary N) is 1. The van der Waals surface area contributed by atoms with Gasteiger partial charge in [-0.2, -0.15) is 5.26 Å². The first-order valence-corrected chi connectivity index (χ1v) is 9.30. The molecule has 1 aromatic carbocycles. The molecular weight excluding hydrogens is 345 g/mol. The highest BCUT2D eigenvalue weighted by Gasteiger charge is 2.36. The van der Waals surface area contributed by atoms with Crippen LogP contribution in [0.1, 0.15) is 12.8 Å². The largest absolute Gasteiger partial charge is 0.379 e. The van der Waals surface area contributed by atoms with E-state index in [4.69, 9.17) is 5.26 Å². The Morgan fingerprint density at radius 2 is 2.19 bits per heavy atom. The topological polar surface area (TPSA) is 72.3 Å². The summed E-state index contributed by atoms with van der Waals surface area (Å²) in [5.41, 5.74) is 1.94. The van der Waals surface area contributed by atoms with E-state index in [2.05, 4.69) is 15.2 Å². The number of alkyl halides is 1. The lowest BCUT2D eigenvalue weighted by Crippen LogP contribution is -2.42. The normalized spacial score (nSPS) is 25.6. The summed E-state index contributed by atoms with van der Waals surface area (Å²) in [7, 11) is 0. The maximum atomic E-state index is 13.5. The van der Waals surface area contributed by atoms with Gasteiger partial charge in [-0.3, -0.25) is 14.7 Å². The van der Waals surface area contributed by atoms with Crippen LogP contribution in [0.5, 0.6) is 0 Å². The fourth-order valence-electron chi connectivity index (χ4n) is 4.00. The quantitative estimate of drug-likeness (QED) is 0.897. The van der Waals surface area contributed by atoms with E-state index < -0.39 is 12.2 Å². The van der Waals surface area contributed by atoms with Gasteiger partial charge in [-0.25, -0.2) is 4.39 Å². The third-order valence-electron chi connectivity index (χ3n) is 5.34. The van der Waals surface area contributed by atoms with Gasteiger partial charge in [-0.15, -0.1) is 0 Å². The van der Waals surface area contributed by atoms with Gasteiger partial charge in [0, 0.05) is 37.1 Å². The molecule has 3 heterocycles. The van der Waals surface area contributed by atoms with Gasteiger partial charge in [-0.1, -0.05) is 18.2 Å². The zero-order valence-electron chi connectivity index (χ0n) is 15.0. The number of pyridine rings is 1. The number of rotatable bonds is 4. The second-order valence-corrected chi connectivity index (χ2v) is 7.27. The SMILES string of the molecule is N#CC1C[C@H](F)CN1C(=O)CN1CC[C@@H](Nc2cccc3cccnc23)C1. The number of hydrogen-bond acceptors (Lipinski definition) is 5. The first-order chi connectivity index (χ1) is 13.1. The molecule has 0 bridgehead atoms. The fourth-order valence-corrected chi connectivity index (χ4v) is 4.00. The van der Waals surface area contributed by atoms with E-state index in [0.717, 1.165) is 36.1 Å². The van der Waals surface area contributed by atoms with Crippen LogP contribution >= 0.6 is 0 Å². The summed E-state index contributed by atoms with van der Waals surface area (Å²) in [6.07, 6.45) is 1.74. The molecule has 4 rings (SSSR count). The van der Waals surface area contributed by atoms with Crippen molar-refractivity contribution < 1.29 is 9.18 Å². The van der Waals surface area contributed by atoms with Crippen molar-refractivity contribution in [3.63, 3.8) is 0 Å². The van der Waals surface area contributed by atoms with E-state index >= 15 is 0 Å². The Kier molecular flexibility index (Phi) is 4.90.